The van der Waals surface area contributed by atoms with Crippen molar-refractivity contribution < 1.29 is 14.0 Å². The molecule has 1 aromatic heterocycles. The predicted octanol–water partition coefficient (Wildman–Crippen LogP) is 4.10. The fourth-order valence-corrected chi connectivity index (χ4v) is 3.04. The van der Waals surface area contributed by atoms with E-state index in [1.54, 1.807) is 23.8 Å². The number of halogens is 1. The van der Waals surface area contributed by atoms with Gasteiger partial charge in [0.15, 0.2) is 6.29 Å². The molecule has 0 aliphatic carbocycles. The number of rotatable bonds is 5. The van der Waals surface area contributed by atoms with Crippen LogP contribution in [-0.4, -0.2) is 16.8 Å². The molecule has 0 radical (unpaired) electrons. The largest absolute Gasteiger partial charge is 0.337 e. The Morgan fingerprint density at radius 1 is 1.28 bits per heavy atom. The van der Waals surface area contributed by atoms with Crippen molar-refractivity contribution in [1.82, 2.24) is 4.57 Å². The maximum absolute atomic E-state index is 13.4. The van der Waals surface area contributed by atoms with Crippen LogP contribution in [-0.2, 0) is 17.8 Å². The molecule has 0 atom stereocenters. The molecule has 3 aromatic rings. The second kappa shape index (κ2) is 6.89. The Hall–Kier alpha value is -2.95. The van der Waals surface area contributed by atoms with E-state index in [1.165, 1.54) is 12.1 Å². The molecule has 0 saturated heterocycles. The number of para-hydroxylation sites is 1. The maximum atomic E-state index is 13.4. The first-order chi connectivity index (χ1) is 12.0. The zero-order valence-corrected chi connectivity index (χ0v) is 14.2. The molecular formula is C20H19FN2O2. The molecule has 0 aliphatic heterocycles. The van der Waals surface area contributed by atoms with E-state index in [1.807, 2.05) is 25.1 Å². The van der Waals surface area contributed by atoms with Gasteiger partial charge in [-0.1, -0.05) is 31.2 Å². The quantitative estimate of drug-likeness (QED) is 0.712. The number of carbonyl (C=O) groups is 2. The van der Waals surface area contributed by atoms with Crippen LogP contribution in [0, 0.1) is 12.7 Å². The van der Waals surface area contributed by atoms with E-state index in [9.17, 15) is 14.0 Å². The van der Waals surface area contributed by atoms with Gasteiger partial charge in [0.25, 0.3) is 0 Å². The highest BCUT2D eigenvalue weighted by Gasteiger charge is 2.14. The highest BCUT2D eigenvalue weighted by atomic mass is 19.1. The lowest BCUT2D eigenvalue weighted by atomic mass is 10.1. The third-order valence-electron chi connectivity index (χ3n) is 4.31. The Morgan fingerprint density at radius 2 is 2.08 bits per heavy atom. The summed E-state index contributed by atoms with van der Waals surface area (Å²) in [7, 11) is 0. The van der Waals surface area contributed by atoms with Crippen molar-refractivity contribution in [3.63, 3.8) is 0 Å². The van der Waals surface area contributed by atoms with Crippen LogP contribution in [0.15, 0.2) is 42.6 Å². The van der Waals surface area contributed by atoms with Crippen molar-refractivity contribution in [3.05, 3.63) is 65.1 Å². The molecule has 1 amide bonds. The first-order valence-electron chi connectivity index (χ1n) is 8.15. The number of nitrogens with one attached hydrogen (secondary N) is 1. The van der Waals surface area contributed by atoms with E-state index >= 15 is 0 Å². The van der Waals surface area contributed by atoms with Gasteiger partial charge in [-0.15, -0.1) is 0 Å². The van der Waals surface area contributed by atoms with Gasteiger partial charge in [0, 0.05) is 22.8 Å². The Bertz CT molecular complexity index is 960. The van der Waals surface area contributed by atoms with Crippen molar-refractivity contribution in [2.45, 2.75) is 26.8 Å². The van der Waals surface area contributed by atoms with Gasteiger partial charge in [0.05, 0.1) is 5.52 Å². The minimum Gasteiger partial charge on any atom is -0.337 e. The number of aryl methyl sites for hydroxylation is 2. The van der Waals surface area contributed by atoms with Crippen molar-refractivity contribution in [3.8, 4) is 0 Å². The lowest BCUT2D eigenvalue weighted by Gasteiger charge is -2.11. The molecule has 0 bridgehead atoms. The summed E-state index contributed by atoms with van der Waals surface area (Å²) < 4.78 is 15.2. The van der Waals surface area contributed by atoms with Gasteiger partial charge in [-0.25, -0.2) is 4.39 Å². The molecule has 0 aliphatic rings. The number of benzene rings is 2. The molecule has 5 heteroatoms. The smallest absolute Gasteiger partial charge is 0.244 e. The van der Waals surface area contributed by atoms with Gasteiger partial charge in [-0.05, 0) is 36.6 Å². The minimum atomic E-state index is -0.399. The van der Waals surface area contributed by atoms with Crippen LogP contribution >= 0.6 is 0 Å². The molecular weight excluding hydrogens is 319 g/mol. The van der Waals surface area contributed by atoms with Gasteiger partial charge in [-0.3, -0.25) is 9.59 Å². The number of hydrogen-bond acceptors (Lipinski definition) is 2. The highest BCUT2D eigenvalue weighted by molar-refractivity contribution is 6.00. The second-order valence-electron chi connectivity index (χ2n) is 6.00. The number of aldehydes is 1. The van der Waals surface area contributed by atoms with Gasteiger partial charge < -0.3 is 9.88 Å². The Balaban J connectivity index is 1.93. The third kappa shape index (κ3) is 3.31. The van der Waals surface area contributed by atoms with Crippen LogP contribution in [0.4, 0.5) is 10.1 Å². The van der Waals surface area contributed by atoms with Gasteiger partial charge in [0.1, 0.15) is 12.4 Å². The summed E-state index contributed by atoms with van der Waals surface area (Å²) in [5.41, 5.74) is 3.75. The molecule has 3 rings (SSSR count). The second-order valence-corrected chi connectivity index (χ2v) is 6.00. The third-order valence-corrected chi connectivity index (χ3v) is 4.31. The lowest BCUT2D eigenvalue weighted by molar-refractivity contribution is -0.116. The maximum Gasteiger partial charge on any atom is 0.244 e. The van der Waals surface area contributed by atoms with Crippen LogP contribution in [0.1, 0.15) is 28.4 Å². The topological polar surface area (TPSA) is 51.1 Å². The molecule has 4 nitrogen and oxygen atoms in total. The van der Waals surface area contributed by atoms with Crippen molar-refractivity contribution >= 4 is 28.8 Å². The molecule has 128 valence electrons. The number of anilines is 1. The highest BCUT2D eigenvalue weighted by Crippen LogP contribution is 2.25. The summed E-state index contributed by atoms with van der Waals surface area (Å²) in [5, 5.41) is 3.58. The van der Waals surface area contributed by atoms with Crippen molar-refractivity contribution in [2.75, 3.05) is 5.32 Å². The first kappa shape index (κ1) is 16.9. The van der Waals surface area contributed by atoms with Crippen molar-refractivity contribution in [1.29, 1.82) is 0 Å². The van der Waals surface area contributed by atoms with Crippen LogP contribution < -0.4 is 5.32 Å². The average Bonchev–Trinajstić information content (AvgIpc) is 2.96. The number of amides is 1. The molecule has 0 spiro atoms. The van der Waals surface area contributed by atoms with Crippen LogP contribution in [0.25, 0.3) is 10.9 Å². The van der Waals surface area contributed by atoms with E-state index in [0.717, 1.165) is 34.7 Å². The molecule has 0 saturated carbocycles. The number of fused-ring (bicyclic) bond motifs is 1. The molecule has 0 fully saturated rings. The monoisotopic (exact) mass is 338 g/mol. The normalized spacial score (nSPS) is 10.8. The number of hydrogen-bond donors (Lipinski definition) is 1. The van der Waals surface area contributed by atoms with Crippen LogP contribution in [0.3, 0.4) is 0 Å². The first-order valence-corrected chi connectivity index (χ1v) is 8.15. The summed E-state index contributed by atoms with van der Waals surface area (Å²) in [6.45, 7) is 3.89. The molecule has 1 heterocycles. The van der Waals surface area contributed by atoms with Crippen LogP contribution in [0.5, 0.6) is 0 Å². The van der Waals surface area contributed by atoms with E-state index in [-0.39, 0.29) is 12.5 Å². The standard InChI is InChI=1S/C20H19FN2O2/c1-3-14-5-4-6-17-15(12-24)10-23(20(14)17)11-19(25)22-18-9-16(21)8-7-13(18)2/h4-10,12H,3,11H2,1-2H3,(H,22,25). The number of carbonyl (C=O) groups excluding carboxylic acids is 2. The summed E-state index contributed by atoms with van der Waals surface area (Å²) >= 11 is 0. The summed E-state index contributed by atoms with van der Waals surface area (Å²) in [5.74, 6) is -0.669. The molecule has 1 N–H and O–H groups in total. The van der Waals surface area contributed by atoms with Gasteiger partial charge >= 0.3 is 0 Å². The number of nitrogens with zero attached hydrogens (tertiary/aromatic N) is 1. The SMILES string of the molecule is CCc1cccc2c(C=O)cn(CC(=O)Nc3cc(F)ccc3C)c12. The zero-order chi connectivity index (χ0) is 18.0. The molecule has 2 aromatic carbocycles. The summed E-state index contributed by atoms with van der Waals surface area (Å²) in [6, 6.07) is 10.1. The number of aromatic nitrogens is 1. The fourth-order valence-electron chi connectivity index (χ4n) is 3.04. The zero-order valence-electron chi connectivity index (χ0n) is 14.2. The van der Waals surface area contributed by atoms with E-state index in [4.69, 9.17) is 0 Å². The Morgan fingerprint density at radius 3 is 2.80 bits per heavy atom. The average molecular weight is 338 g/mol. The molecule has 25 heavy (non-hydrogen) atoms. The van der Waals surface area contributed by atoms with E-state index < -0.39 is 5.82 Å². The molecule has 0 unspecified atom stereocenters. The Kier molecular flexibility index (Phi) is 4.65. The summed E-state index contributed by atoms with van der Waals surface area (Å²) in [6.07, 6.45) is 3.28. The lowest BCUT2D eigenvalue weighted by Crippen LogP contribution is -2.19. The van der Waals surface area contributed by atoms with Crippen molar-refractivity contribution in [2.24, 2.45) is 0 Å². The van der Waals surface area contributed by atoms with E-state index in [0.29, 0.717) is 11.3 Å². The van der Waals surface area contributed by atoms with E-state index in [2.05, 4.69) is 5.32 Å². The Labute approximate surface area is 145 Å². The summed E-state index contributed by atoms with van der Waals surface area (Å²) in [4.78, 5) is 23.8. The van der Waals surface area contributed by atoms with Crippen LogP contribution in [0.2, 0.25) is 0 Å². The van der Waals surface area contributed by atoms with Gasteiger partial charge in [0.2, 0.25) is 5.91 Å². The fraction of sp³-hybridized carbons (Fsp3) is 0.200. The minimum absolute atomic E-state index is 0.0529. The predicted molar refractivity (Wildman–Crippen MR) is 96.5 cm³/mol. The van der Waals surface area contributed by atoms with Gasteiger partial charge in [-0.2, -0.15) is 0 Å².